The lowest BCUT2D eigenvalue weighted by atomic mass is 9.81. The van der Waals surface area contributed by atoms with E-state index in [9.17, 15) is 14.3 Å². The molecule has 0 radical (unpaired) electrons. The first kappa shape index (κ1) is 17.0. The number of benzene rings is 2. The molecule has 1 amide bonds. The average molecular weight is 354 g/mol. The van der Waals surface area contributed by atoms with Gasteiger partial charge in [-0.15, -0.1) is 0 Å². The minimum absolute atomic E-state index is 0.00290. The Morgan fingerprint density at radius 2 is 2.00 bits per heavy atom. The van der Waals surface area contributed by atoms with E-state index in [1.165, 1.54) is 12.1 Å². The smallest absolute Gasteiger partial charge is 0.219 e. The van der Waals surface area contributed by atoms with E-state index in [-0.39, 0.29) is 36.3 Å². The molecule has 0 aliphatic carbocycles. The van der Waals surface area contributed by atoms with Crippen molar-refractivity contribution in [2.75, 3.05) is 25.1 Å². The molecule has 0 bridgehead atoms. The van der Waals surface area contributed by atoms with Crippen LogP contribution in [0, 0.1) is 11.7 Å². The highest BCUT2D eigenvalue weighted by molar-refractivity contribution is 5.77. The summed E-state index contributed by atoms with van der Waals surface area (Å²) in [6, 6.07) is 12.6. The number of amides is 1. The minimum Gasteiger partial charge on any atom is -0.394 e. The minimum atomic E-state index is -0.262. The van der Waals surface area contributed by atoms with Gasteiger partial charge in [-0.25, -0.2) is 4.39 Å². The van der Waals surface area contributed by atoms with Crippen LogP contribution >= 0.6 is 0 Å². The van der Waals surface area contributed by atoms with Gasteiger partial charge < -0.3 is 14.9 Å². The zero-order valence-electron chi connectivity index (χ0n) is 15.0. The first-order chi connectivity index (χ1) is 12.5. The van der Waals surface area contributed by atoms with Gasteiger partial charge in [-0.2, -0.15) is 0 Å². The van der Waals surface area contributed by atoms with Gasteiger partial charge in [-0.3, -0.25) is 4.79 Å². The van der Waals surface area contributed by atoms with Gasteiger partial charge in [0.05, 0.1) is 18.7 Å². The molecule has 2 aliphatic heterocycles. The molecule has 26 heavy (non-hydrogen) atoms. The van der Waals surface area contributed by atoms with Crippen molar-refractivity contribution in [1.82, 2.24) is 4.90 Å². The molecule has 0 saturated carbocycles. The van der Waals surface area contributed by atoms with Gasteiger partial charge in [0.2, 0.25) is 5.91 Å². The second-order valence-corrected chi connectivity index (χ2v) is 7.25. The number of nitrogens with zero attached hydrogens (tertiary/aromatic N) is 2. The Morgan fingerprint density at radius 1 is 1.23 bits per heavy atom. The number of aliphatic hydroxyl groups excluding tert-OH is 1. The molecule has 3 atom stereocenters. The summed E-state index contributed by atoms with van der Waals surface area (Å²) < 4.78 is 13.6. The van der Waals surface area contributed by atoms with Crippen LogP contribution in [0.4, 0.5) is 10.1 Å². The summed E-state index contributed by atoms with van der Waals surface area (Å²) in [4.78, 5) is 16.2. The summed E-state index contributed by atoms with van der Waals surface area (Å²) in [6.07, 6.45) is 0.878. The fourth-order valence-electron chi connectivity index (χ4n) is 4.65. The van der Waals surface area contributed by atoms with Crippen LogP contribution < -0.4 is 4.90 Å². The highest BCUT2D eigenvalue weighted by atomic mass is 19.1. The maximum absolute atomic E-state index is 13.6. The van der Waals surface area contributed by atoms with Crippen LogP contribution in [0.2, 0.25) is 0 Å². The number of rotatable bonds is 2. The summed E-state index contributed by atoms with van der Waals surface area (Å²) in [5.41, 5.74) is 3.87. The Bertz CT molecular complexity index is 854. The number of halogens is 1. The quantitative estimate of drug-likeness (QED) is 0.901. The SMILES string of the molecule is CC(=O)N1CC[C@@H]2[C@@H](CO)N(C)c3ccc(-c4cccc(F)c4)cc3[C@@H]21. The Morgan fingerprint density at radius 3 is 2.69 bits per heavy atom. The summed E-state index contributed by atoms with van der Waals surface area (Å²) in [5.74, 6) is -0.00759. The van der Waals surface area contributed by atoms with E-state index in [2.05, 4.69) is 11.0 Å². The van der Waals surface area contributed by atoms with Crippen molar-refractivity contribution in [3.8, 4) is 11.1 Å². The summed E-state index contributed by atoms with van der Waals surface area (Å²) >= 11 is 0. The molecule has 2 aromatic rings. The van der Waals surface area contributed by atoms with Gasteiger partial charge in [0, 0.05) is 32.1 Å². The Labute approximate surface area is 152 Å². The summed E-state index contributed by atoms with van der Waals surface area (Å²) in [5, 5.41) is 9.94. The normalized spacial score (nSPS) is 24.4. The third-order valence-corrected chi connectivity index (χ3v) is 5.91. The molecule has 4 nitrogen and oxygen atoms in total. The highest BCUT2D eigenvalue weighted by Gasteiger charge is 2.46. The third kappa shape index (κ3) is 2.58. The molecule has 1 saturated heterocycles. The number of anilines is 1. The number of carbonyl (C=O) groups excluding carboxylic acids is 1. The number of hydrogen-bond acceptors (Lipinski definition) is 3. The molecule has 4 rings (SSSR count). The van der Waals surface area contributed by atoms with Crippen LogP contribution in [-0.2, 0) is 4.79 Å². The fourth-order valence-corrected chi connectivity index (χ4v) is 4.65. The van der Waals surface area contributed by atoms with Crippen molar-refractivity contribution in [3.63, 3.8) is 0 Å². The van der Waals surface area contributed by atoms with Crippen molar-refractivity contribution < 1.29 is 14.3 Å². The molecule has 2 aromatic carbocycles. The van der Waals surface area contributed by atoms with Crippen LogP contribution in [0.1, 0.15) is 24.9 Å². The molecule has 2 aliphatic rings. The lowest BCUT2D eigenvalue weighted by Crippen LogP contribution is -2.48. The Hall–Kier alpha value is -2.40. The molecule has 0 aromatic heterocycles. The maximum Gasteiger partial charge on any atom is 0.219 e. The van der Waals surface area contributed by atoms with E-state index < -0.39 is 0 Å². The Kier molecular flexibility index (Phi) is 4.19. The lowest BCUT2D eigenvalue weighted by molar-refractivity contribution is -0.130. The molecular weight excluding hydrogens is 331 g/mol. The zero-order chi connectivity index (χ0) is 18.4. The lowest BCUT2D eigenvalue weighted by Gasteiger charge is -2.44. The summed E-state index contributed by atoms with van der Waals surface area (Å²) in [6.45, 7) is 2.37. The van der Waals surface area contributed by atoms with E-state index in [4.69, 9.17) is 0 Å². The molecule has 5 heteroatoms. The molecule has 0 spiro atoms. The van der Waals surface area contributed by atoms with E-state index in [1.807, 2.05) is 30.1 Å². The van der Waals surface area contributed by atoms with Crippen LogP contribution in [-0.4, -0.2) is 42.2 Å². The van der Waals surface area contributed by atoms with Crippen molar-refractivity contribution >= 4 is 11.6 Å². The second-order valence-electron chi connectivity index (χ2n) is 7.25. The predicted octanol–water partition coefficient (Wildman–Crippen LogP) is 3.21. The van der Waals surface area contributed by atoms with Crippen LogP contribution in [0.25, 0.3) is 11.1 Å². The maximum atomic E-state index is 13.6. The highest BCUT2D eigenvalue weighted by Crippen LogP contribution is 2.49. The number of fused-ring (bicyclic) bond motifs is 3. The largest absolute Gasteiger partial charge is 0.394 e. The molecule has 1 N–H and O–H groups in total. The standard InChI is InChI=1S/C21H23FN2O2/c1-13(26)24-9-8-17-20(12-25)23(2)19-7-6-15(11-18(19)21(17)24)14-4-3-5-16(22)10-14/h3-7,10-11,17,20-21,25H,8-9,12H2,1-2H3/t17-,20-,21-/m1/s1. The zero-order valence-corrected chi connectivity index (χ0v) is 15.0. The number of likely N-dealkylation sites (tertiary alicyclic amines) is 1. The average Bonchev–Trinajstić information content (AvgIpc) is 3.07. The van der Waals surface area contributed by atoms with E-state index in [1.54, 1.807) is 13.0 Å². The fraction of sp³-hybridized carbons (Fsp3) is 0.381. The first-order valence-corrected chi connectivity index (χ1v) is 9.02. The monoisotopic (exact) mass is 354 g/mol. The molecular formula is C21H23FN2O2. The van der Waals surface area contributed by atoms with Gasteiger partial charge in [0.1, 0.15) is 5.82 Å². The van der Waals surface area contributed by atoms with Crippen LogP contribution in [0.5, 0.6) is 0 Å². The predicted molar refractivity (Wildman–Crippen MR) is 99.3 cm³/mol. The van der Waals surface area contributed by atoms with Crippen LogP contribution in [0.3, 0.4) is 0 Å². The van der Waals surface area contributed by atoms with E-state index >= 15 is 0 Å². The molecule has 136 valence electrons. The van der Waals surface area contributed by atoms with Gasteiger partial charge in [0.25, 0.3) is 0 Å². The molecule has 2 heterocycles. The van der Waals surface area contributed by atoms with Crippen molar-refractivity contribution in [2.24, 2.45) is 5.92 Å². The van der Waals surface area contributed by atoms with E-state index in [0.717, 1.165) is 28.8 Å². The van der Waals surface area contributed by atoms with Gasteiger partial charge in [-0.1, -0.05) is 18.2 Å². The van der Waals surface area contributed by atoms with Crippen molar-refractivity contribution in [1.29, 1.82) is 0 Å². The molecule has 1 fully saturated rings. The van der Waals surface area contributed by atoms with Crippen molar-refractivity contribution in [2.45, 2.75) is 25.4 Å². The van der Waals surface area contributed by atoms with Gasteiger partial charge in [-0.05, 0) is 47.4 Å². The van der Waals surface area contributed by atoms with E-state index in [0.29, 0.717) is 6.54 Å². The number of hydrogen-bond donors (Lipinski definition) is 1. The molecule has 0 unspecified atom stereocenters. The third-order valence-electron chi connectivity index (χ3n) is 5.91. The number of likely N-dealkylation sites (N-methyl/N-ethyl adjacent to an activating group) is 1. The topological polar surface area (TPSA) is 43.8 Å². The second kappa shape index (κ2) is 6.40. The summed E-state index contributed by atoms with van der Waals surface area (Å²) in [7, 11) is 1.99. The Balaban J connectivity index is 1.85. The first-order valence-electron chi connectivity index (χ1n) is 9.02. The van der Waals surface area contributed by atoms with Crippen LogP contribution in [0.15, 0.2) is 42.5 Å². The number of aliphatic hydroxyl groups is 1. The number of carbonyl (C=O) groups is 1. The van der Waals surface area contributed by atoms with Gasteiger partial charge in [0.15, 0.2) is 0 Å². The van der Waals surface area contributed by atoms with Crippen molar-refractivity contribution in [3.05, 3.63) is 53.8 Å². The van der Waals surface area contributed by atoms with Gasteiger partial charge >= 0.3 is 0 Å².